The van der Waals surface area contributed by atoms with Crippen molar-refractivity contribution in [1.29, 1.82) is 0 Å². The molecule has 0 saturated carbocycles. The van der Waals surface area contributed by atoms with Crippen molar-refractivity contribution >= 4 is 75.8 Å². The Morgan fingerprint density at radius 1 is 1.10 bits per heavy atom. The van der Waals surface area contributed by atoms with Gasteiger partial charge in [-0.1, -0.05) is 52.5 Å². The highest BCUT2D eigenvalue weighted by Crippen LogP contribution is 2.42. The van der Waals surface area contributed by atoms with E-state index >= 15 is 0 Å². The van der Waals surface area contributed by atoms with Gasteiger partial charge in [0.2, 0.25) is 5.90 Å². The molecule has 162 valence electrons. The molecule has 0 aliphatic heterocycles. The molecule has 0 radical (unpaired) electrons. The van der Waals surface area contributed by atoms with Gasteiger partial charge in [0.15, 0.2) is 4.84 Å². The molecule has 0 atom stereocenters. The fourth-order valence-corrected chi connectivity index (χ4v) is 3.62. The summed E-state index contributed by atoms with van der Waals surface area (Å²) in [6.07, 6.45) is -0.297. The minimum Gasteiger partial charge on any atom is -0.474 e. The monoisotopic (exact) mass is 514 g/mol. The zero-order valence-corrected chi connectivity index (χ0v) is 19.5. The van der Waals surface area contributed by atoms with Gasteiger partial charge in [0.25, 0.3) is 0 Å². The normalized spacial score (nSPS) is 12.4. The number of carbonyl (C=O) groups excluding carboxylic acids is 1. The summed E-state index contributed by atoms with van der Waals surface area (Å²) in [5.41, 5.74) is 0.620. The van der Waals surface area contributed by atoms with E-state index in [2.05, 4.69) is 10.3 Å². The van der Waals surface area contributed by atoms with Crippen molar-refractivity contribution in [3.05, 3.63) is 58.1 Å². The quantitative estimate of drug-likeness (QED) is 0.184. The number of aliphatic imine (C=N–C) groups is 1. The van der Waals surface area contributed by atoms with Gasteiger partial charge < -0.3 is 10.1 Å². The second-order valence-electron chi connectivity index (χ2n) is 6.10. The summed E-state index contributed by atoms with van der Waals surface area (Å²) in [5, 5.41) is -0.282. The number of hydrogen-bond donors (Lipinski definition) is 1. The average molecular weight is 516 g/mol. The van der Waals surface area contributed by atoms with Crippen LogP contribution in [0.1, 0.15) is 19.4 Å². The smallest absolute Gasteiger partial charge is 0.348 e. The molecule has 2 amide bonds. The van der Waals surface area contributed by atoms with Crippen molar-refractivity contribution in [3.63, 3.8) is 0 Å². The minimum atomic E-state index is -3.35. The Labute approximate surface area is 196 Å². The number of thioether (sulfide) groups is 1. The summed E-state index contributed by atoms with van der Waals surface area (Å²) in [6.45, 7) is 3.52. The number of carbonyl (C=O) groups is 1. The third-order valence-electron chi connectivity index (χ3n) is 3.34. The molecule has 4 nitrogen and oxygen atoms in total. The van der Waals surface area contributed by atoms with Crippen LogP contribution in [0.15, 0.2) is 52.4 Å². The largest absolute Gasteiger partial charge is 0.474 e. The summed E-state index contributed by atoms with van der Waals surface area (Å²) in [6, 6.07) is 9.75. The Hall–Kier alpha value is -1.25. The summed E-state index contributed by atoms with van der Waals surface area (Å²) in [7, 11) is 0. The lowest BCUT2D eigenvalue weighted by atomic mass is 10.2. The maximum Gasteiger partial charge on any atom is 0.348 e. The summed E-state index contributed by atoms with van der Waals surface area (Å²) in [5.74, 6) is -0.0415. The molecule has 2 aromatic rings. The Morgan fingerprint density at radius 2 is 1.67 bits per heavy atom. The van der Waals surface area contributed by atoms with Gasteiger partial charge in [-0.15, -0.1) is 0 Å². The number of hydrogen-bond acceptors (Lipinski definition) is 3. The van der Waals surface area contributed by atoms with Gasteiger partial charge in [0.1, 0.15) is 0 Å². The molecule has 0 spiro atoms. The first-order valence-corrected chi connectivity index (χ1v) is 10.9. The summed E-state index contributed by atoms with van der Waals surface area (Å²) in [4.78, 5) is 14.7. The fourth-order valence-electron chi connectivity index (χ4n) is 2.12. The van der Waals surface area contributed by atoms with E-state index in [4.69, 9.17) is 51.1 Å². The molecule has 1 N–H and O–H groups in total. The van der Waals surface area contributed by atoms with Gasteiger partial charge >= 0.3 is 11.3 Å². The second-order valence-corrected chi connectivity index (χ2v) is 9.23. The van der Waals surface area contributed by atoms with Crippen molar-refractivity contribution in [2.45, 2.75) is 34.9 Å². The van der Waals surface area contributed by atoms with E-state index < -0.39 is 16.1 Å². The number of anilines is 1. The van der Waals surface area contributed by atoms with Gasteiger partial charge in [-0.3, -0.25) is 0 Å². The van der Waals surface area contributed by atoms with Gasteiger partial charge in [-0.2, -0.15) is 13.8 Å². The van der Waals surface area contributed by atoms with Crippen molar-refractivity contribution < 1.29 is 18.3 Å². The molecular weight excluding hydrogens is 500 g/mol. The van der Waals surface area contributed by atoms with Gasteiger partial charge in [0, 0.05) is 10.6 Å². The highest BCUT2D eigenvalue weighted by Gasteiger charge is 2.38. The summed E-state index contributed by atoms with van der Waals surface area (Å²) >= 11 is 23.1. The number of nitrogens with zero attached hydrogens (tertiary/aromatic N) is 1. The third-order valence-corrected chi connectivity index (χ3v) is 5.79. The van der Waals surface area contributed by atoms with Crippen LogP contribution < -0.4 is 5.32 Å². The van der Waals surface area contributed by atoms with Crippen LogP contribution in [0.5, 0.6) is 0 Å². The first-order valence-electron chi connectivity index (χ1n) is 8.45. The van der Waals surface area contributed by atoms with E-state index in [0.29, 0.717) is 5.69 Å². The van der Waals surface area contributed by atoms with E-state index in [-0.39, 0.29) is 44.3 Å². The zero-order chi connectivity index (χ0) is 22.5. The zero-order valence-electron chi connectivity index (χ0n) is 15.6. The van der Waals surface area contributed by atoms with Crippen LogP contribution in [0.2, 0.25) is 10.0 Å². The first kappa shape index (κ1) is 25.0. The maximum atomic E-state index is 13.6. The predicted molar refractivity (Wildman–Crippen MR) is 121 cm³/mol. The van der Waals surface area contributed by atoms with E-state index in [0.717, 1.165) is 0 Å². The van der Waals surface area contributed by atoms with E-state index in [1.165, 1.54) is 24.3 Å². The molecule has 0 unspecified atom stereocenters. The molecule has 2 aromatic carbocycles. The Bertz CT molecular complexity index is 905. The van der Waals surface area contributed by atoms with Crippen LogP contribution in [0.25, 0.3) is 0 Å². The van der Waals surface area contributed by atoms with Crippen LogP contribution >= 0.6 is 58.2 Å². The van der Waals surface area contributed by atoms with E-state index in [1.54, 1.807) is 32.0 Å². The number of ether oxygens (including phenoxy) is 1. The van der Waals surface area contributed by atoms with Crippen LogP contribution in [-0.2, 0) is 4.74 Å². The van der Waals surface area contributed by atoms with Crippen LogP contribution in [0.4, 0.5) is 19.3 Å². The molecule has 0 aromatic heterocycles. The number of rotatable bonds is 6. The number of halogens is 6. The van der Waals surface area contributed by atoms with Crippen LogP contribution in [0.3, 0.4) is 0 Å². The lowest BCUT2D eigenvalue weighted by molar-refractivity contribution is 0.122. The molecule has 0 heterocycles. The molecule has 0 aliphatic carbocycles. The minimum absolute atomic E-state index is 0.0415. The molecular formula is C19H16Cl4F2N2O2S. The van der Waals surface area contributed by atoms with E-state index in [1.807, 2.05) is 0 Å². The SMILES string of the molecule is CC(C)O/C(=N\C(=O)Nc1ccc(SC(F)(F)C(Cl)Cl)cc1)c1c(Cl)cccc1Cl. The van der Waals surface area contributed by atoms with Gasteiger partial charge in [-0.05, 0) is 62.0 Å². The fraction of sp³-hybridized carbons (Fsp3) is 0.263. The molecule has 2 rings (SSSR count). The molecule has 0 fully saturated rings. The van der Waals surface area contributed by atoms with Crippen molar-refractivity contribution in [3.8, 4) is 0 Å². The number of alkyl halides is 4. The summed E-state index contributed by atoms with van der Waals surface area (Å²) < 4.78 is 32.8. The van der Waals surface area contributed by atoms with Crippen molar-refractivity contribution in [2.75, 3.05) is 5.32 Å². The van der Waals surface area contributed by atoms with Crippen molar-refractivity contribution in [1.82, 2.24) is 0 Å². The molecule has 11 heteroatoms. The highest BCUT2D eigenvalue weighted by atomic mass is 35.5. The molecule has 0 aliphatic rings. The maximum absolute atomic E-state index is 13.6. The van der Waals surface area contributed by atoms with Crippen molar-refractivity contribution in [2.24, 2.45) is 4.99 Å². The molecule has 30 heavy (non-hydrogen) atoms. The standard InChI is InChI=1S/C19H16Cl4F2N2O2S/c1-10(2)29-16(15-13(20)4-3-5-14(15)21)27-18(28)26-11-6-8-12(9-7-11)30-19(24,25)17(22)23/h3-10,17H,1-2H3,(H,26,28)/b27-16-. The van der Waals surface area contributed by atoms with Crippen LogP contribution in [-0.4, -0.2) is 28.1 Å². The second kappa shape index (κ2) is 10.9. The number of urea groups is 1. The molecule has 0 bridgehead atoms. The lowest BCUT2D eigenvalue weighted by Gasteiger charge is -2.16. The average Bonchev–Trinajstić information content (AvgIpc) is 2.62. The topological polar surface area (TPSA) is 50.7 Å². The Balaban J connectivity index is 2.19. The number of nitrogens with one attached hydrogen (secondary N) is 1. The number of benzene rings is 2. The Morgan fingerprint density at radius 3 is 2.17 bits per heavy atom. The predicted octanol–water partition coefficient (Wildman–Crippen LogP) is 7.89. The molecule has 0 saturated heterocycles. The lowest BCUT2D eigenvalue weighted by Crippen LogP contribution is -2.19. The number of amides is 2. The Kier molecular flexibility index (Phi) is 9.06. The van der Waals surface area contributed by atoms with E-state index in [9.17, 15) is 13.6 Å². The third kappa shape index (κ3) is 7.17. The first-order chi connectivity index (χ1) is 14.0. The van der Waals surface area contributed by atoms with Gasteiger partial charge in [0.05, 0.1) is 21.7 Å². The van der Waals surface area contributed by atoms with Crippen LogP contribution in [0, 0.1) is 0 Å². The van der Waals surface area contributed by atoms with Gasteiger partial charge in [-0.25, -0.2) is 4.79 Å². The highest BCUT2D eigenvalue weighted by molar-refractivity contribution is 8.00.